The summed E-state index contributed by atoms with van der Waals surface area (Å²) in [5.74, 6) is -0.820. The van der Waals surface area contributed by atoms with Gasteiger partial charge in [-0.25, -0.2) is 0 Å². The molecule has 0 atom stereocenters. The van der Waals surface area contributed by atoms with Crippen molar-refractivity contribution in [3.8, 4) is 0 Å². The lowest BCUT2D eigenvalue weighted by Crippen LogP contribution is -2.33. The monoisotopic (exact) mass is 304 g/mol. The molecule has 0 heterocycles. The van der Waals surface area contributed by atoms with Crippen LogP contribution in [0.4, 0.5) is 5.69 Å². The van der Waals surface area contributed by atoms with Crippen LogP contribution in [0.25, 0.3) is 0 Å². The van der Waals surface area contributed by atoms with E-state index in [0.717, 1.165) is 12.2 Å². The van der Waals surface area contributed by atoms with Gasteiger partial charge in [-0.2, -0.15) is 0 Å². The Labute approximate surface area is 123 Å². The van der Waals surface area contributed by atoms with Gasteiger partial charge in [0.25, 0.3) is 0 Å². The van der Waals surface area contributed by atoms with Gasteiger partial charge in [-0.1, -0.05) is 23.2 Å². The zero-order valence-electron chi connectivity index (χ0n) is 11.1. The fourth-order valence-electron chi connectivity index (χ4n) is 1.64. The SMILES string of the molecule is CN(C)CCN(CCC(=O)O)c1ccc(Cl)cc1Cl. The molecular formula is C13H18Cl2N2O2. The minimum Gasteiger partial charge on any atom is -0.481 e. The van der Waals surface area contributed by atoms with Crippen LogP contribution >= 0.6 is 23.2 Å². The predicted octanol–water partition coefficient (Wildman–Crippen LogP) is 2.84. The molecule has 1 aromatic rings. The molecule has 1 rings (SSSR count). The standard InChI is InChI=1S/C13H18Cl2N2O2/c1-16(2)7-8-17(6-5-13(18)19)12-4-3-10(14)9-11(12)15/h3-4,9H,5-8H2,1-2H3,(H,18,19). The Morgan fingerprint density at radius 2 is 1.89 bits per heavy atom. The number of hydrogen-bond acceptors (Lipinski definition) is 3. The van der Waals surface area contributed by atoms with Gasteiger partial charge in [-0.15, -0.1) is 0 Å². The van der Waals surface area contributed by atoms with Gasteiger partial charge in [0.05, 0.1) is 17.1 Å². The fourth-order valence-corrected chi connectivity index (χ4v) is 2.17. The summed E-state index contributed by atoms with van der Waals surface area (Å²) in [5.41, 5.74) is 0.814. The van der Waals surface area contributed by atoms with Crippen molar-refractivity contribution >= 4 is 34.9 Å². The third-order valence-corrected chi connectivity index (χ3v) is 3.20. The van der Waals surface area contributed by atoms with Gasteiger partial charge in [0.2, 0.25) is 0 Å². The van der Waals surface area contributed by atoms with Gasteiger partial charge in [0, 0.05) is 24.7 Å². The Hall–Kier alpha value is -0.970. The number of hydrogen-bond donors (Lipinski definition) is 1. The van der Waals surface area contributed by atoms with E-state index in [1.165, 1.54) is 0 Å². The number of aliphatic carboxylic acids is 1. The normalized spacial score (nSPS) is 10.8. The highest BCUT2D eigenvalue weighted by Gasteiger charge is 2.12. The first kappa shape index (κ1) is 16.1. The maximum Gasteiger partial charge on any atom is 0.305 e. The first-order valence-corrected chi connectivity index (χ1v) is 6.72. The highest BCUT2D eigenvalue weighted by Crippen LogP contribution is 2.28. The summed E-state index contributed by atoms with van der Waals surface area (Å²) >= 11 is 12.0. The van der Waals surface area contributed by atoms with Crippen LogP contribution in [0.5, 0.6) is 0 Å². The number of carbonyl (C=O) groups is 1. The summed E-state index contributed by atoms with van der Waals surface area (Å²) in [6, 6.07) is 5.25. The fraction of sp³-hybridized carbons (Fsp3) is 0.462. The molecule has 106 valence electrons. The maximum absolute atomic E-state index is 10.7. The number of carboxylic acids is 1. The second-order valence-electron chi connectivity index (χ2n) is 4.53. The molecule has 0 spiro atoms. The first-order chi connectivity index (χ1) is 8.90. The number of benzene rings is 1. The largest absolute Gasteiger partial charge is 0.481 e. The van der Waals surface area contributed by atoms with E-state index in [1.807, 2.05) is 30.0 Å². The van der Waals surface area contributed by atoms with Gasteiger partial charge in [0.15, 0.2) is 0 Å². The summed E-state index contributed by atoms with van der Waals surface area (Å²) in [4.78, 5) is 14.7. The Bertz CT molecular complexity index is 439. The lowest BCUT2D eigenvalue weighted by molar-refractivity contribution is -0.136. The molecular weight excluding hydrogens is 287 g/mol. The molecule has 6 heteroatoms. The number of nitrogens with zero attached hydrogens (tertiary/aromatic N) is 2. The third kappa shape index (κ3) is 5.68. The topological polar surface area (TPSA) is 43.8 Å². The molecule has 4 nitrogen and oxygen atoms in total. The van der Waals surface area contributed by atoms with E-state index in [-0.39, 0.29) is 6.42 Å². The van der Waals surface area contributed by atoms with E-state index in [2.05, 4.69) is 0 Å². The molecule has 0 radical (unpaired) electrons. The molecule has 0 unspecified atom stereocenters. The average molecular weight is 305 g/mol. The van der Waals surface area contributed by atoms with Gasteiger partial charge in [-0.05, 0) is 32.3 Å². The summed E-state index contributed by atoms with van der Waals surface area (Å²) in [5, 5.41) is 9.92. The van der Waals surface area contributed by atoms with Crippen LogP contribution in [0.15, 0.2) is 18.2 Å². The van der Waals surface area contributed by atoms with Crippen molar-refractivity contribution in [3.63, 3.8) is 0 Å². The van der Waals surface area contributed by atoms with Crippen LogP contribution in [0.1, 0.15) is 6.42 Å². The molecule has 1 N–H and O–H groups in total. The van der Waals surface area contributed by atoms with E-state index >= 15 is 0 Å². The third-order valence-electron chi connectivity index (χ3n) is 2.66. The Morgan fingerprint density at radius 3 is 2.42 bits per heavy atom. The van der Waals surface area contributed by atoms with Gasteiger partial charge in [-0.3, -0.25) is 4.79 Å². The van der Waals surface area contributed by atoms with E-state index in [0.29, 0.717) is 23.1 Å². The number of likely N-dealkylation sites (N-methyl/N-ethyl adjacent to an activating group) is 1. The van der Waals surface area contributed by atoms with Crippen LogP contribution < -0.4 is 4.90 Å². The van der Waals surface area contributed by atoms with Crippen molar-refractivity contribution in [2.45, 2.75) is 6.42 Å². The Balaban J connectivity index is 2.83. The van der Waals surface area contributed by atoms with Crippen molar-refractivity contribution in [2.75, 3.05) is 38.6 Å². The van der Waals surface area contributed by atoms with Gasteiger partial charge in [0.1, 0.15) is 0 Å². The van der Waals surface area contributed by atoms with Crippen LogP contribution in [-0.4, -0.2) is 49.7 Å². The molecule has 0 aromatic heterocycles. The maximum atomic E-state index is 10.7. The van der Waals surface area contributed by atoms with Crippen molar-refractivity contribution in [1.82, 2.24) is 4.90 Å². The minimum atomic E-state index is -0.820. The van der Waals surface area contributed by atoms with E-state index in [9.17, 15) is 4.79 Å². The van der Waals surface area contributed by atoms with Gasteiger partial charge >= 0.3 is 5.97 Å². The van der Waals surface area contributed by atoms with Crippen LogP contribution in [0, 0.1) is 0 Å². The first-order valence-electron chi connectivity index (χ1n) is 5.96. The quantitative estimate of drug-likeness (QED) is 0.841. The smallest absolute Gasteiger partial charge is 0.305 e. The molecule has 0 bridgehead atoms. The average Bonchev–Trinajstić information content (AvgIpc) is 2.30. The van der Waals surface area contributed by atoms with Crippen LogP contribution in [-0.2, 0) is 4.79 Å². The zero-order chi connectivity index (χ0) is 14.4. The lowest BCUT2D eigenvalue weighted by Gasteiger charge is -2.26. The molecule has 19 heavy (non-hydrogen) atoms. The van der Waals surface area contributed by atoms with Crippen molar-refractivity contribution in [2.24, 2.45) is 0 Å². The van der Waals surface area contributed by atoms with Crippen molar-refractivity contribution < 1.29 is 9.90 Å². The van der Waals surface area contributed by atoms with Gasteiger partial charge < -0.3 is 14.9 Å². The highest BCUT2D eigenvalue weighted by molar-refractivity contribution is 6.36. The minimum absolute atomic E-state index is 0.0758. The van der Waals surface area contributed by atoms with Crippen molar-refractivity contribution in [1.29, 1.82) is 0 Å². The molecule has 0 aliphatic rings. The number of anilines is 1. The van der Waals surface area contributed by atoms with Crippen LogP contribution in [0.2, 0.25) is 10.0 Å². The molecule has 1 aromatic carbocycles. The molecule has 0 amide bonds. The molecule has 0 fully saturated rings. The summed E-state index contributed by atoms with van der Waals surface area (Å²) < 4.78 is 0. The number of halogens is 2. The lowest BCUT2D eigenvalue weighted by atomic mass is 10.2. The van der Waals surface area contributed by atoms with Crippen LogP contribution in [0.3, 0.4) is 0 Å². The highest BCUT2D eigenvalue weighted by atomic mass is 35.5. The number of carboxylic acid groups (broad SMARTS) is 1. The second-order valence-corrected chi connectivity index (χ2v) is 5.37. The van der Waals surface area contributed by atoms with E-state index in [4.69, 9.17) is 28.3 Å². The molecule has 0 saturated heterocycles. The Kier molecular flexibility index (Phi) is 6.42. The molecule has 0 aliphatic heterocycles. The predicted molar refractivity (Wildman–Crippen MR) is 79.5 cm³/mol. The Morgan fingerprint density at radius 1 is 1.21 bits per heavy atom. The molecule has 0 saturated carbocycles. The summed E-state index contributed by atoms with van der Waals surface area (Å²) in [6.45, 7) is 1.95. The summed E-state index contributed by atoms with van der Waals surface area (Å²) in [6.07, 6.45) is 0.0758. The zero-order valence-corrected chi connectivity index (χ0v) is 12.6. The van der Waals surface area contributed by atoms with E-state index < -0.39 is 5.97 Å². The second kappa shape index (κ2) is 7.58. The van der Waals surface area contributed by atoms with E-state index in [1.54, 1.807) is 12.1 Å². The number of rotatable bonds is 7. The summed E-state index contributed by atoms with van der Waals surface area (Å²) in [7, 11) is 3.94. The molecule has 0 aliphatic carbocycles. The van der Waals surface area contributed by atoms with Crippen molar-refractivity contribution in [3.05, 3.63) is 28.2 Å².